The highest BCUT2D eigenvalue weighted by Crippen LogP contribution is 2.32. The zero-order valence-electron chi connectivity index (χ0n) is 16.6. The fourth-order valence-corrected chi connectivity index (χ4v) is 4.22. The van der Waals surface area contributed by atoms with Gasteiger partial charge in [-0.25, -0.2) is 4.79 Å². The van der Waals surface area contributed by atoms with E-state index in [0.29, 0.717) is 5.58 Å². The highest BCUT2D eigenvalue weighted by Gasteiger charge is 2.22. The molecule has 0 spiro atoms. The van der Waals surface area contributed by atoms with Gasteiger partial charge in [-0.2, -0.15) is 0 Å². The summed E-state index contributed by atoms with van der Waals surface area (Å²) in [5.41, 5.74) is 4.17. The fourth-order valence-electron chi connectivity index (χ4n) is 4.22. The summed E-state index contributed by atoms with van der Waals surface area (Å²) < 4.78 is 5.60. The average molecular weight is 386 g/mol. The van der Waals surface area contributed by atoms with Crippen molar-refractivity contribution in [3.63, 3.8) is 0 Å². The van der Waals surface area contributed by atoms with Gasteiger partial charge in [0.2, 0.25) is 0 Å². The molecule has 4 aromatic rings. The van der Waals surface area contributed by atoms with Gasteiger partial charge in [0.05, 0.1) is 10.9 Å². The smallest absolute Gasteiger partial charge is 0.336 e. The minimum absolute atomic E-state index is 0.336. The molecule has 2 aromatic carbocycles. The predicted octanol–water partition coefficient (Wildman–Crippen LogP) is 3.68. The van der Waals surface area contributed by atoms with Gasteiger partial charge >= 0.3 is 5.63 Å². The predicted molar refractivity (Wildman–Crippen MR) is 116 cm³/mol. The van der Waals surface area contributed by atoms with Crippen LogP contribution in [0.3, 0.4) is 0 Å². The molecule has 1 saturated heterocycles. The van der Waals surface area contributed by atoms with Crippen LogP contribution in [0.4, 0.5) is 11.5 Å². The number of aromatic nitrogens is 2. The fraction of sp³-hybridized carbons (Fsp3) is 0.261. The number of fused-ring (bicyclic) bond motifs is 3. The van der Waals surface area contributed by atoms with Crippen molar-refractivity contribution in [2.24, 2.45) is 0 Å². The molecule has 1 fully saturated rings. The van der Waals surface area contributed by atoms with Gasteiger partial charge < -0.3 is 14.2 Å². The van der Waals surface area contributed by atoms with Crippen molar-refractivity contribution >= 4 is 33.4 Å². The molecule has 5 rings (SSSR count). The zero-order chi connectivity index (χ0) is 20.0. The van der Waals surface area contributed by atoms with Gasteiger partial charge in [0.1, 0.15) is 5.58 Å². The van der Waals surface area contributed by atoms with Gasteiger partial charge in [-0.05, 0) is 43.7 Å². The van der Waals surface area contributed by atoms with E-state index in [1.165, 1.54) is 11.8 Å². The maximum Gasteiger partial charge on any atom is 0.336 e. The number of benzene rings is 2. The summed E-state index contributed by atoms with van der Waals surface area (Å²) in [7, 11) is 0. The summed E-state index contributed by atoms with van der Waals surface area (Å²) in [5.74, 6) is 0.863. The number of aryl methyl sites for hydroxylation is 2. The third-order valence-corrected chi connectivity index (χ3v) is 5.76. The molecule has 0 unspecified atom stereocenters. The lowest BCUT2D eigenvalue weighted by atomic mass is 10.0. The Morgan fingerprint density at radius 1 is 0.897 bits per heavy atom. The third-order valence-electron chi connectivity index (χ3n) is 5.76. The number of hydrogen-bond acceptors (Lipinski definition) is 6. The molecule has 3 heterocycles. The number of nitrogens with zero attached hydrogens (tertiary/aromatic N) is 4. The van der Waals surface area contributed by atoms with Crippen molar-refractivity contribution in [1.29, 1.82) is 0 Å². The van der Waals surface area contributed by atoms with Crippen molar-refractivity contribution in [2.45, 2.75) is 13.8 Å². The van der Waals surface area contributed by atoms with E-state index in [-0.39, 0.29) is 5.63 Å². The minimum atomic E-state index is -0.336. The van der Waals surface area contributed by atoms with E-state index in [9.17, 15) is 4.79 Å². The normalized spacial score (nSPS) is 14.7. The molecule has 0 N–H and O–H groups in total. The van der Waals surface area contributed by atoms with E-state index in [1.807, 2.05) is 32.0 Å². The van der Waals surface area contributed by atoms with Crippen molar-refractivity contribution in [3.05, 3.63) is 70.1 Å². The zero-order valence-corrected chi connectivity index (χ0v) is 16.6. The summed E-state index contributed by atoms with van der Waals surface area (Å²) in [6.07, 6.45) is 0. The summed E-state index contributed by atoms with van der Waals surface area (Å²) in [6, 6.07) is 15.9. The van der Waals surface area contributed by atoms with Crippen molar-refractivity contribution in [2.75, 3.05) is 36.0 Å². The van der Waals surface area contributed by atoms with Crippen LogP contribution in [0.1, 0.15) is 11.1 Å². The van der Waals surface area contributed by atoms with E-state index in [2.05, 4.69) is 44.3 Å². The Hall–Kier alpha value is -3.41. The Bertz CT molecular complexity index is 1260. The molecule has 1 aliphatic heterocycles. The van der Waals surface area contributed by atoms with E-state index >= 15 is 0 Å². The van der Waals surface area contributed by atoms with Crippen LogP contribution in [-0.2, 0) is 0 Å². The lowest BCUT2D eigenvalue weighted by Gasteiger charge is -2.37. The van der Waals surface area contributed by atoms with Gasteiger partial charge in [0.15, 0.2) is 5.82 Å². The Morgan fingerprint density at radius 2 is 1.62 bits per heavy atom. The van der Waals surface area contributed by atoms with Crippen molar-refractivity contribution < 1.29 is 4.42 Å². The summed E-state index contributed by atoms with van der Waals surface area (Å²) in [4.78, 5) is 16.7. The Balaban J connectivity index is 1.54. The lowest BCUT2D eigenvalue weighted by Crippen LogP contribution is -2.47. The molecule has 6 nitrogen and oxygen atoms in total. The molecule has 0 radical (unpaired) electrons. The Kier molecular flexibility index (Phi) is 4.19. The number of para-hydroxylation sites is 1. The molecular weight excluding hydrogens is 364 g/mol. The monoisotopic (exact) mass is 386 g/mol. The first-order valence-electron chi connectivity index (χ1n) is 9.87. The quantitative estimate of drug-likeness (QED) is 0.387. The van der Waals surface area contributed by atoms with Crippen LogP contribution in [0.25, 0.3) is 21.9 Å². The van der Waals surface area contributed by atoms with E-state index in [0.717, 1.165) is 59.4 Å². The summed E-state index contributed by atoms with van der Waals surface area (Å²) in [6.45, 7) is 7.55. The molecule has 0 saturated carbocycles. The molecule has 1 aliphatic rings. The van der Waals surface area contributed by atoms with Gasteiger partial charge in [0, 0.05) is 48.9 Å². The molecule has 29 heavy (non-hydrogen) atoms. The average Bonchev–Trinajstić information content (AvgIpc) is 2.74. The van der Waals surface area contributed by atoms with Gasteiger partial charge in [-0.3, -0.25) is 0 Å². The van der Waals surface area contributed by atoms with Crippen molar-refractivity contribution in [1.82, 2.24) is 10.2 Å². The Labute approximate surface area is 168 Å². The number of rotatable bonds is 2. The highest BCUT2D eigenvalue weighted by molar-refractivity contribution is 6.06. The molecule has 6 heteroatoms. The summed E-state index contributed by atoms with van der Waals surface area (Å²) in [5, 5.41) is 10.8. The van der Waals surface area contributed by atoms with Gasteiger partial charge in [-0.15, -0.1) is 10.2 Å². The first kappa shape index (κ1) is 17.7. The molecule has 2 aromatic heterocycles. The maximum absolute atomic E-state index is 12.0. The van der Waals surface area contributed by atoms with Crippen LogP contribution in [0.5, 0.6) is 0 Å². The second-order valence-corrected chi connectivity index (χ2v) is 7.54. The number of piperazine rings is 1. The van der Waals surface area contributed by atoms with E-state index in [4.69, 9.17) is 4.42 Å². The minimum Gasteiger partial charge on any atom is -0.422 e. The van der Waals surface area contributed by atoms with Crippen LogP contribution in [0.15, 0.2) is 57.7 Å². The van der Waals surface area contributed by atoms with E-state index < -0.39 is 0 Å². The maximum atomic E-state index is 12.0. The number of anilines is 2. The first-order valence-corrected chi connectivity index (χ1v) is 9.87. The van der Waals surface area contributed by atoms with Crippen molar-refractivity contribution in [3.8, 4) is 0 Å². The molecular formula is C23H22N4O2. The van der Waals surface area contributed by atoms with Crippen LogP contribution in [0.2, 0.25) is 0 Å². The second kappa shape index (κ2) is 6.88. The van der Waals surface area contributed by atoms with Gasteiger partial charge in [0.25, 0.3) is 0 Å². The lowest BCUT2D eigenvalue weighted by molar-refractivity contribution is 0.562. The van der Waals surface area contributed by atoms with Crippen LogP contribution in [-0.4, -0.2) is 36.4 Å². The molecule has 0 aliphatic carbocycles. The Morgan fingerprint density at radius 3 is 2.38 bits per heavy atom. The second-order valence-electron chi connectivity index (χ2n) is 7.54. The molecule has 0 atom stereocenters. The van der Waals surface area contributed by atoms with Crippen LogP contribution in [0, 0.1) is 13.8 Å². The topological polar surface area (TPSA) is 62.5 Å². The van der Waals surface area contributed by atoms with E-state index in [1.54, 1.807) is 0 Å². The largest absolute Gasteiger partial charge is 0.422 e. The third kappa shape index (κ3) is 3.01. The first-order chi connectivity index (χ1) is 14.1. The van der Waals surface area contributed by atoms with Crippen LogP contribution >= 0.6 is 0 Å². The highest BCUT2D eigenvalue weighted by atomic mass is 16.4. The van der Waals surface area contributed by atoms with Crippen LogP contribution < -0.4 is 15.4 Å². The molecule has 146 valence electrons. The number of hydrogen-bond donors (Lipinski definition) is 0. The molecule has 0 amide bonds. The summed E-state index contributed by atoms with van der Waals surface area (Å²) >= 11 is 0. The standard InChI is InChI=1S/C23H22N4O2/c1-15-14-20(28)29-22-18(15)8-9-19-21(22)16(2)23(25-24-19)27-12-10-26(11-13-27)17-6-4-3-5-7-17/h3-9,14H,10-13H2,1-2H3. The SMILES string of the molecule is Cc1cc(=O)oc2c1ccc1nnc(N3CCN(c4ccccc4)CC3)c(C)c12. The van der Waals surface area contributed by atoms with Gasteiger partial charge in [-0.1, -0.05) is 18.2 Å². The molecule has 0 bridgehead atoms.